The number of pyridine rings is 1. The Bertz CT molecular complexity index is 555. The Hall–Kier alpha value is -1.58. The van der Waals surface area contributed by atoms with Gasteiger partial charge < -0.3 is 10.1 Å². The summed E-state index contributed by atoms with van der Waals surface area (Å²) in [4.78, 5) is 4.31. The molecule has 3 nitrogen and oxygen atoms in total. The van der Waals surface area contributed by atoms with Crippen LogP contribution in [0.1, 0.15) is 24.1 Å². The van der Waals surface area contributed by atoms with Gasteiger partial charge in [-0.2, -0.15) is 0 Å². The van der Waals surface area contributed by atoms with E-state index < -0.39 is 0 Å². The maximum Gasteiger partial charge on any atom is 0.219 e. The number of ether oxygens (including phenoxy) is 1. The molecule has 0 amide bonds. The molecular weight excluding hydrogens is 260 g/mol. The van der Waals surface area contributed by atoms with E-state index in [0.717, 1.165) is 16.9 Å². The van der Waals surface area contributed by atoms with Gasteiger partial charge in [0.2, 0.25) is 5.88 Å². The van der Waals surface area contributed by atoms with Gasteiger partial charge >= 0.3 is 0 Å². The number of halogens is 1. The summed E-state index contributed by atoms with van der Waals surface area (Å²) in [6, 6.07) is 9.70. The van der Waals surface area contributed by atoms with Crippen LogP contribution >= 0.6 is 11.6 Å². The number of aromatic nitrogens is 1. The molecule has 1 aromatic carbocycles. The number of nitrogens with one attached hydrogen (secondary N) is 1. The molecule has 0 aliphatic carbocycles. The smallest absolute Gasteiger partial charge is 0.219 e. The molecule has 1 N–H and O–H groups in total. The van der Waals surface area contributed by atoms with Crippen LogP contribution in [0.4, 0.5) is 0 Å². The molecule has 19 heavy (non-hydrogen) atoms. The molecule has 100 valence electrons. The number of aryl methyl sites for hydroxylation is 1. The zero-order chi connectivity index (χ0) is 13.8. The molecule has 0 bridgehead atoms. The van der Waals surface area contributed by atoms with Gasteiger partial charge in [0.1, 0.15) is 5.75 Å². The topological polar surface area (TPSA) is 34.1 Å². The van der Waals surface area contributed by atoms with Crippen LogP contribution in [0.15, 0.2) is 36.5 Å². The van der Waals surface area contributed by atoms with E-state index in [2.05, 4.69) is 17.2 Å². The van der Waals surface area contributed by atoms with Crippen LogP contribution in [0.25, 0.3) is 0 Å². The summed E-state index contributed by atoms with van der Waals surface area (Å²) in [7, 11) is 1.92. The van der Waals surface area contributed by atoms with Gasteiger partial charge in [0.25, 0.3) is 0 Å². The van der Waals surface area contributed by atoms with Crippen LogP contribution in [0, 0.1) is 6.92 Å². The fourth-order valence-electron chi connectivity index (χ4n) is 1.67. The molecule has 0 saturated heterocycles. The molecule has 0 radical (unpaired) electrons. The molecule has 0 aliphatic heterocycles. The molecular formula is C15H17ClN2O. The number of hydrogen-bond acceptors (Lipinski definition) is 3. The predicted octanol–water partition coefficient (Wildman–Crippen LogP) is 4.12. The summed E-state index contributed by atoms with van der Waals surface area (Å²) in [5, 5.41) is 3.82. The van der Waals surface area contributed by atoms with E-state index in [1.165, 1.54) is 0 Å². The van der Waals surface area contributed by atoms with Crippen molar-refractivity contribution in [1.82, 2.24) is 10.3 Å². The lowest BCUT2D eigenvalue weighted by Crippen LogP contribution is -2.12. The van der Waals surface area contributed by atoms with Crippen molar-refractivity contribution >= 4 is 11.6 Å². The van der Waals surface area contributed by atoms with Gasteiger partial charge in [0.05, 0.1) is 0 Å². The van der Waals surface area contributed by atoms with Crippen molar-refractivity contribution in [2.45, 2.75) is 19.9 Å². The molecule has 0 fully saturated rings. The Labute approximate surface area is 118 Å². The molecule has 0 aliphatic rings. The van der Waals surface area contributed by atoms with Gasteiger partial charge in [0, 0.05) is 23.3 Å². The van der Waals surface area contributed by atoms with Crippen molar-refractivity contribution < 1.29 is 4.74 Å². The highest BCUT2D eigenvalue weighted by atomic mass is 35.5. The van der Waals surface area contributed by atoms with Crippen molar-refractivity contribution in [3.63, 3.8) is 0 Å². The second kappa shape index (κ2) is 6.04. The van der Waals surface area contributed by atoms with Gasteiger partial charge in [0.15, 0.2) is 0 Å². The zero-order valence-electron chi connectivity index (χ0n) is 11.3. The molecule has 1 aromatic heterocycles. The summed E-state index contributed by atoms with van der Waals surface area (Å²) in [6.07, 6.45) is 1.82. The molecule has 1 unspecified atom stereocenters. The number of rotatable bonds is 4. The van der Waals surface area contributed by atoms with Crippen molar-refractivity contribution in [3.8, 4) is 11.6 Å². The highest BCUT2D eigenvalue weighted by Gasteiger charge is 2.06. The van der Waals surface area contributed by atoms with Gasteiger partial charge in [-0.05, 0) is 44.2 Å². The van der Waals surface area contributed by atoms with Gasteiger partial charge in [-0.3, -0.25) is 0 Å². The van der Waals surface area contributed by atoms with Crippen LogP contribution in [-0.2, 0) is 0 Å². The number of benzene rings is 1. The standard InChI is InChI=1S/C15H17ClN2O/c1-10-4-6-13(16)8-14(10)19-15-7-5-12(9-18-15)11(2)17-3/h4-9,11,17H,1-3H3. The lowest BCUT2D eigenvalue weighted by molar-refractivity contribution is 0.458. The van der Waals surface area contributed by atoms with Gasteiger partial charge in [-0.15, -0.1) is 0 Å². The Morgan fingerprint density at radius 3 is 2.68 bits per heavy atom. The first kappa shape index (κ1) is 13.8. The van der Waals surface area contributed by atoms with Crippen molar-refractivity contribution in [2.75, 3.05) is 7.05 Å². The second-order valence-corrected chi connectivity index (χ2v) is 4.89. The zero-order valence-corrected chi connectivity index (χ0v) is 12.0. The number of hydrogen-bond donors (Lipinski definition) is 1. The molecule has 1 atom stereocenters. The largest absolute Gasteiger partial charge is 0.439 e. The van der Waals surface area contributed by atoms with Crippen LogP contribution in [-0.4, -0.2) is 12.0 Å². The lowest BCUT2D eigenvalue weighted by atomic mass is 10.1. The Kier molecular flexibility index (Phi) is 4.40. The van der Waals surface area contributed by atoms with E-state index in [9.17, 15) is 0 Å². The van der Waals surface area contributed by atoms with E-state index in [4.69, 9.17) is 16.3 Å². The Morgan fingerprint density at radius 1 is 1.26 bits per heavy atom. The molecule has 2 aromatic rings. The Morgan fingerprint density at radius 2 is 2.05 bits per heavy atom. The SMILES string of the molecule is CNC(C)c1ccc(Oc2cc(Cl)ccc2C)nc1. The van der Waals surface area contributed by atoms with E-state index in [1.807, 2.05) is 44.4 Å². The van der Waals surface area contributed by atoms with E-state index in [1.54, 1.807) is 6.07 Å². The minimum Gasteiger partial charge on any atom is -0.439 e. The van der Waals surface area contributed by atoms with Crippen LogP contribution in [0.3, 0.4) is 0 Å². The van der Waals surface area contributed by atoms with Crippen molar-refractivity contribution in [1.29, 1.82) is 0 Å². The first-order valence-corrected chi connectivity index (χ1v) is 6.55. The van der Waals surface area contributed by atoms with Crippen LogP contribution < -0.4 is 10.1 Å². The van der Waals surface area contributed by atoms with E-state index in [-0.39, 0.29) is 6.04 Å². The fraction of sp³-hybridized carbons (Fsp3) is 0.267. The van der Waals surface area contributed by atoms with E-state index in [0.29, 0.717) is 10.9 Å². The summed E-state index contributed by atoms with van der Waals surface area (Å²) in [6.45, 7) is 4.06. The third kappa shape index (κ3) is 3.46. The molecule has 0 saturated carbocycles. The molecule has 0 spiro atoms. The Balaban J connectivity index is 2.17. The highest BCUT2D eigenvalue weighted by Crippen LogP contribution is 2.27. The monoisotopic (exact) mass is 276 g/mol. The third-order valence-corrected chi connectivity index (χ3v) is 3.29. The number of nitrogens with zero attached hydrogens (tertiary/aromatic N) is 1. The average molecular weight is 277 g/mol. The minimum absolute atomic E-state index is 0.273. The second-order valence-electron chi connectivity index (χ2n) is 4.45. The quantitative estimate of drug-likeness (QED) is 0.912. The third-order valence-electron chi connectivity index (χ3n) is 3.06. The van der Waals surface area contributed by atoms with Crippen molar-refractivity contribution in [3.05, 3.63) is 52.7 Å². The molecule has 2 rings (SSSR count). The average Bonchev–Trinajstić information content (AvgIpc) is 2.43. The van der Waals surface area contributed by atoms with Gasteiger partial charge in [-0.25, -0.2) is 4.98 Å². The highest BCUT2D eigenvalue weighted by molar-refractivity contribution is 6.30. The summed E-state index contributed by atoms with van der Waals surface area (Å²) < 4.78 is 5.74. The van der Waals surface area contributed by atoms with Gasteiger partial charge in [-0.1, -0.05) is 23.7 Å². The minimum atomic E-state index is 0.273. The normalized spacial score (nSPS) is 12.2. The maximum atomic E-state index is 5.96. The first-order valence-electron chi connectivity index (χ1n) is 6.17. The summed E-state index contributed by atoms with van der Waals surface area (Å²) >= 11 is 5.96. The predicted molar refractivity (Wildman–Crippen MR) is 78.0 cm³/mol. The maximum absolute atomic E-state index is 5.96. The first-order chi connectivity index (χ1) is 9.10. The fourth-order valence-corrected chi connectivity index (χ4v) is 1.83. The molecule has 4 heteroatoms. The lowest BCUT2D eigenvalue weighted by Gasteiger charge is -2.11. The summed E-state index contributed by atoms with van der Waals surface area (Å²) in [5.41, 5.74) is 2.15. The van der Waals surface area contributed by atoms with Crippen molar-refractivity contribution in [2.24, 2.45) is 0 Å². The summed E-state index contributed by atoms with van der Waals surface area (Å²) in [5.74, 6) is 1.30. The molecule has 1 heterocycles. The van der Waals surface area contributed by atoms with Crippen LogP contribution in [0.2, 0.25) is 5.02 Å². The van der Waals surface area contributed by atoms with E-state index >= 15 is 0 Å². The van der Waals surface area contributed by atoms with Crippen LogP contribution in [0.5, 0.6) is 11.6 Å².